The summed E-state index contributed by atoms with van der Waals surface area (Å²) in [5.74, 6) is 0.899. The Balaban J connectivity index is 1.73. The predicted molar refractivity (Wildman–Crippen MR) is 75.9 cm³/mol. The summed E-state index contributed by atoms with van der Waals surface area (Å²) in [5.41, 5.74) is 0.0506. The lowest BCUT2D eigenvalue weighted by molar-refractivity contribution is -0.0868. The lowest BCUT2D eigenvalue weighted by Gasteiger charge is -2.38. The van der Waals surface area contributed by atoms with Gasteiger partial charge in [-0.2, -0.15) is 0 Å². The molecule has 2 atom stereocenters. The number of nitrogens with zero attached hydrogens (tertiary/aromatic N) is 1. The summed E-state index contributed by atoms with van der Waals surface area (Å²) < 4.78 is 5.77. The average molecular weight is 254 g/mol. The van der Waals surface area contributed by atoms with Crippen LogP contribution < -0.4 is 5.32 Å². The van der Waals surface area contributed by atoms with Crippen molar-refractivity contribution in [2.24, 2.45) is 5.92 Å². The lowest BCUT2D eigenvalue weighted by atomic mass is 9.98. The molecular weight excluding hydrogens is 224 g/mol. The summed E-state index contributed by atoms with van der Waals surface area (Å²) in [6.45, 7) is 12.1. The molecular formula is C15H30N2O. The molecule has 0 spiro atoms. The van der Waals surface area contributed by atoms with Crippen molar-refractivity contribution in [2.45, 2.75) is 58.1 Å². The van der Waals surface area contributed by atoms with Crippen LogP contribution in [-0.4, -0.2) is 49.3 Å². The van der Waals surface area contributed by atoms with E-state index >= 15 is 0 Å². The van der Waals surface area contributed by atoms with Crippen LogP contribution >= 0.6 is 0 Å². The van der Waals surface area contributed by atoms with Gasteiger partial charge in [0, 0.05) is 19.1 Å². The van der Waals surface area contributed by atoms with Gasteiger partial charge in [0.2, 0.25) is 0 Å². The Labute approximate surface area is 112 Å². The second kappa shape index (κ2) is 6.36. The van der Waals surface area contributed by atoms with E-state index in [2.05, 4.69) is 31.0 Å². The number of ether oxygens (including phenoxy) is 1. The summed E-state index contributed by atoms with van der Waals surface area (Å²) in [6.07, 6.45) is 5.57. The topological polar surface area (TPSA) is 24.5 Å². The van der Waals surface area contributed by atoms with E-state index in [1.165, 1.54) is 32.2 Å². The van der Waals surface area contributed by atoms with Crippen LogP contribution in [0.4, 0.5) is 0 Å². The minimum absolute atomic E-state index is 0.0506. The SMILES string of the molecule is CCNC1CCCC1CCN1CCOC(C)(C)C1. The summed E-state index contributed by atoms with van der Waals surface area (Å²) in [5, 5.41) is 3.66. The molecule has 0 aromatic rings. The van der Waals surface area contributed by atoms with Gasteiger partial charge >= 0.3 is 0 Å². The molecule has 0 aromatic heterocycles. The van der Waals surface area contributed by atoms with Crippen molar-refractivity contribution in [3.63, 3.8) is 0 Å². The van der Waals surface area contributed by atoms with Gasteiger partial charge in [0.15, 0.2) is 0 Å². The van der Waals surface area contributed by atoms with E-state index in [4.69, 9.17) is 4.74 Å². The van der Waals surface area contributed by atoms with E-state index in [1.54, 1.807) is 0 Å². The van der Waals surface area contributed by atoms with Crippen LogP contribution in [0.5, 0.6) is 0 Å². The quantitative estimate of drug-likeness (QED) is 0.814. The number of rotatable bonds is 5. The van der Waals surface area contributed by atoms with E-state index in [-0.39, 0.29) is 5.60 Å². The van der Waals surface area contributed by atoms with Crippen molar-refractivity contribution in [3.05, 3.63) is 0 Å². The number of morpholine rings is 1. The van der Waals surface area contributed by atoms with Gasteiger partial charge in [-0.1, -0.05) is 13.3 Å². The molecule has 1 saturated carbocycles. The first-order chi connectivity index (χ1) is 8.61. The summed E-state index contributed by atoms with van der Waals surface area (Å²) in [6, 6.07) is 0.782. The van der Waals surface area contributed by atoms with Gasteiger partial charge in [0.25, 0.3) is 0 Å². The van der Waals surface area contributed by atoms with Crippen molar-refractivity contribution in [1.29, 1.82) is 0 Å². The highest BCUT2D eigenvalue weighted by Gasteiger charge is 2.30. The van der Waals surface area contributed by atoms with Crippen molar-refractivity contribution in [3.8, 4) is 0 Å². The Bertz CT molecular complexity index is 255. The molecule has 0 bridgehead atoms. The number of hydrogen-bond donors (Lipinski definition) is 1. The van der Waals surface area contributed by atoms with Crippen molar-refractivity contribution >= 4 is 0 Å². The second-order valence-electron chi connectivity index (χ2n) is 6.53. The van der Waals surface area contributed by atoms with Crippen LogP contribution in [0.3, 0.4) is 0 Å². The normalized spacial score (nSPS) is 32.8. The van der Waals surface area contributed by atoms with Crippen molar-refractivity contribution in [2.75, 3.05) is 32.8 Å². The third kappa shape index (κ3) is 3.94. The van der Waals surface area contributed by atoms with Gasteiger partial charge in [-0.3, -0.25) is 4.90 Å². The van der Waals surface area contributed by atoms with Gasteiger partial charge < -0.3 is 10.1 Å². The molecule has 2 aliphatic rings. The van der Waals surface area contributed by atoms with E-state index in [0.29, 0.717) is 0 Å². The summed E-state index contributed by atoms with van der Waals surface area (Å²) >= 11 is 0. The molecule has 2 rings (SSSR count). The maximum Gasteiger partial charge on any atom is 0.0753 e. The summed E-state index contributed by atoms with van der Waals surface area (Å²) in [4.78, 5) is 2.59. The molecule has 1 aliphatic heterocycles. The standard InChI is InChI=1S/C15H30N2O/c1-4-16-14-7-5-6-13(14)8-9-17-10-11-18-15(2,3)12-17/h13-14,16H,4-12H2,1-3H3. The highest BCUT2D eigenvalue weighted by atomic mass is 16.5. The molecule has 2 unspecified atom stereocenters. The molecule has 0 aromatic carbocycles. The molecule has 18 heavy (non-hydrogen) atoms. The maximum absolute atomic E-state index is 5.77. The molecule has 0 amide bonds. The highest BCUT2D eigenvalue weighted by molar-refractivity contribution is 4.85. The largest absolute Gasteiger partial charge is 0.373 e. The summed E-state index contributed by atoms with van der Waals surface area (Å²) in [7, 11) is 0. The zero-order valence-electron chi connectivity index (χ0n) is 12.4. The third-order valence-corrected chi connectivity index (χ3v) is 4.45. The Morgan fingerprint density at radius 2 is 2.17 bits per heavy atom. The average Bonchev–Trinajstić information content (AvgIpc) is 2.73. The molecule has 1 N–H and O–H groups in total. The van der Waals surface area contributed by atoms with Crippen LogP contribution in [0.2, 0.25) is 0 Å². The first-order valence-corrected chi connectivity index (χ1v) is 7.70. The zero-order valence-corrected chi connectivity index (χ0v) is 12.4. The molecule has 2 fully saturated rings. The van der Waals surface area contributed by atoms with Crippen LogP contribution in [0.1, 0.15) is 46.5 Å². The smallest absolute Gasteiger partial charge is 0.0753 e. The fraction of sp³-hybridized carbons (Fsp3) is 1.00. The van der Waals surface area contributed by atoms with Gasteiger partial charge in [-0.25, -0.2) is 0 Å². The molecule has 1 heterocycles. The Morgan fingerprint density at radius 1 is 1.33 bits per heavy atom. The molecule has 3 heteroatoms. The van der Waals surface area contributed by atoms with Gasteiger partial charge in [-0.15, -0.1) is 0 Å². The zero-order chi connectivity index (χ0) is 13.0. The fourth-order valence-corrected chi connectivity index (χ4v) is 3.57. The molecule has 3 nitrogen and oxygen atoms in total. The van der Waals surface area contributed by atoms with Crippen molar-refractivity contribution in [1.82, 2.24) is 10.2 Å². The maximum atomic E-state index is 5.77. The monoisotopic (exact) mass is 254 g/mol. The van der Waals surface area contributed by atoms with Gasteiger partial charge in [0.05, 0.1) is 12.2 Å². The van der Waals surface area contributed by atoms with Crippen LogP contribution in [0.15, 0.2) is 0 Å². The Hall–Kier alpha value is -0.120. The number of nitrogens with one attached hydrogen (secondary N) is 1. The fourth-order valence-electron chi connectivity index (χ4n) is 3.57. The van der Waals surface area contributed by atoms with E-state index < -0.39 is 0 Å². The van der Waals surface area contributed by atoms with Crippen LogP contribution in [-0.2, 0) is 4.74 Å². The van der Waals surface area contributed by atoms with E-state index in [9.17, 15) is 0 Å². The second-order valence-corrected chi connectivity index (χ2v) is 6.53. The first-order valence-electron chi connectivity index (χ1n) is 7.70. The lowest BCUT2D eigenvalue weighted by Crippen LogP contribution is -2.49. The van der Waals surface area contributed by atoms with E-state index in [0.717, 1.165) is 38.2 Å². The van der Waals surface area contributed by atoms with Crippen LogP contribution in [0, 0.1) is 5.92 Å². The highest BCUT2D eigenvalue weighted by Crippen LogP contribution is 2.29. The van der Waals surface area contributed by atoms with Crippen LogP contribution in [0.25, 0.3) is 0 Å². The third-order valence-electron chi connectivity index (χ3n) is 4.45. The Morgan fingerprint density at radius 3 is 2.89 bits per heavy atom. The van der Waals surface area contributed by atoms with Crippen molar-refractivity contribution < 1.29 is 4.74 Å². The minimum atomic E-state index is 0.0506. The first kappa shape index (κ1) is 14.3. The molecule has 0 radical (unpaired) electrons. The predicted octanol–water partition coefficient (Wildman–Crippen LogP) is 2.27. The molecule has 106 valence electrons. The number of hydrogen-bond acceptors (Lipinski definition) is 3. The van der Waals surface area contributed by atoms with Gasteiger partial charge in [-0.05, 0) is 52.1 Å². The van der Waals surface area contributed by atoms with Gasteiger partial charge in [0.1, 0.15) is 0 Å². The van der Waals surface area contributed by atoms with E-state index in [1.807, 2.05) is 0 Å². The minimum Gasteiger partial charge on any atom is -0.373 e. The molecule has 1 aliphatic carbocycles. The Kier molecular flexibility index (Phi) is 5.05. The molecule has 1 saturated heterocycles.